The van der Waals surface area contributed by atoms with Crippen LogP contribution in [0.25, 0.3) is 0 Å². The maximum Gasteiger partial charge on any atom is 0.410 e. The van der Waals surface area contributed by atoms with Crippen molar-refractivity contribution in [2.24, 2.45) is 0 Å². The van der Waals surface area contributed by atoms with Gasteiger partial charge in [-0.05, 0) is 45.7 Å². The van der Waals surface area contributed by atoms with Gasteiger partial charge in [0.25, 0.3) is 0 Å². The number of amides is 1. The maximum atomic E-state index is 12.0. The predicted octanol–water partition coefficient (Wildman–Crippen LogP) is 3.08. The maximum absolute atomic E-state index is 12.0. The van der Waals surface area contributed by atoms with E-state index in [4.69, 9.17) is 24.7 Å². The Hall–Kier alpha value is -1.99. The van der Waals surface area contributed by atoms with Crippen LogP contribution in [0, 0.1) is 0 Å². The lowest BCUT2D eigenvalue weighted by molar-refractivity contribution is -0.0314. The second-order valence-electron chi connectivity index (χ2n) is 7.57. The summed E-state index contributed by atoms with van der Waals surface area (Å²) in [6.45, 7) is 8.97. The van der Waals surface area contributed by atoms with E-state index in [1.807, 2.05) is 39.0 Å². The minimum Gasteiger partial charge on any atom is -0.491 e. The first-order valence-electron chi connectivity index (χ1n) is 9.49. The van der Waals surface area contributed by atoms with E-state index >= 15 is 0 Å². The minimum absolute atomic E-state index is 0.163. The zero-order valence-electron chi connectivity index (χ0n) is 16.6. The van der Waals surface area contributed by atoms with Crippen molar-refractivity contribution in [3.8, 4) is 5.75 Å². The van der Waals surface area contributed by atoms with Gasteiger partial charge in [0.15, 0.2) is 0 Å². The zero-order chi connectivity index (χ0) is 19.7. The summed E-state index contributed by atoms with van der Waals surface area (Å²) in [4.78, 5) is 13.8. The number of rotatable bonds is 8. The number of nitrogens with zero attached hydrogens (tertiary/aromatic N) is 1. The number of likely N-dealkylation sites (tertiary alicyclic amines) is 1. The zero-order valence-corrected chi connectivity index (χ0v) is 16.6. The quantitative estimate of drug-likeness (QED) is 0.551. The highest BCUT2D eigenvalue weighted by atomic mass is 16.6. The number of carbonyl (C=O) groups is 1. The Morgan fingerprint density at radius 2 is 1.85 bits per heavy atom. The van der Waals surface area contributed by atoms with Crippen LogP contribution in [0.1, 0.15) is 33.6 Å². The average Bonchev–Trinajstić information content (AvgIpc) is 2.60. The Labute approximate surface area is 161 Å². The topological polar surface area (TPSA) is 83.2 Å². The molecule has 0 radical (unpaired) electrons. The van der Waals surface area contributed by atoms with Crippen molar-refractivity contribution in [3.63, 3.8) is 0 Å². The number of hydrogen-bond acceptors (Lipinski definition) is 6. The Bertz CT molecular complexity index is 580. The SMILES string of the molecule is CC(C)(C)OC(=O)N1CCC(OCCOCCOc2cccc(N)c2)CC1. The second-order valence-corrected chi connectivity index (χ2v) is 7.57. The fraction of sp³-hybridized carbons (Fsp3) is 0.650. The number of ether oxygens (including phenoxy) is 4. The summed E-state index contributed by atoms with van der Waals surface area (Å²) in [7, 11) is 0. The van der Waals surface area contributed by atoms with Crippen LogP contribution in [0.4, 0.5) is 10.5 Å². The number of piperidine rings is 1. The Morgan fingerprint density at radius 3 is 2.52 bits per heavy atom. The molecule has 0 unspecified atom stereocenters. The molecule has 1 saturated heterocycles. The van der Waals surface area contributed by atoms with Gasteiger partial charge in [-0.3, -0.25) is 0 Å². The Balaban J connectivity index is 1.49. The van der Waals surface area contributed by atoms with Crippen LogP contribution in [0.2, 0.25) is 0 Å². The van der Waals surface area contributed by atoms with Gasteiger partial charge in [0.05, 0.1) is 25.9 Å². The third-order valence-electron chi connectivity index (χ3n) is 4.03. The van der Waals surface area contributed by atoms with Gasteiger partial charge in [0.2, 0.25) is 0 Å². The minimum atomic E-state index is -0.460. The van der Waals surface area contributed by atoms with E-state index < -0.39 is 5.60 Å². The first-order valence-corrected chi connectivity index (χ1v) is 9.49. The molecular weight excluding hydrogens is 348 g/mol. The van der Waals surface area contributed by atoms with Gasteiger partial charge < -0.3 is 29.6 Å². The molecular formula is C20H32N2O5. The molecule has 7 heteroatoms. The molecule has 152 valence electrons. The average molecular weight is 380 g/mol. The summed E-state index contributed by atoms with van der Waals surface area (Å²) < 4.78 is 22.3. The molecule has 0 atom stereocenters. The van der Waals surface area contributed by atoms with Gasteiger partial charge in [0, 0.05) is 24.8 Å². The van der Waals surface area contributed by atoms with Crippen molar-refractivity contribution in [2.45, 2.75) is 45.3 Å². The molecule has 0 aromatic heterocycles. The van der Waals surface area contributed by atoms with Gasteiger partial charge in [-0.25, -0.2) is 4.79 Å². The van der Waals surface area contributed by atoms with Gasteiger partial charge in [-0.2, -0.15) is 0 Å². The van der Waals surface area contributed by atoms with E-state index in [0.717, 1.165) is 18.6 Å². The number of hydrogen-bond donors (Lipinski definition) is 1. The number of anilines is 1. The molecule has 1 aromatic rings. The molecule has 2 rings (SSSR count). The highest BCUT2D eigenvalue weighted by molar-refractivity contribution is 5.68. The lowest BCUT2D eigenvalue weighted by Crippen LogP contribution is -2.43. The molecule has 1 fully saturated rings. The largest absolute Gasteiger partial charge is 0.491 e. The van der Waals surface area contributed by atoms with E-state index in [0.29, 0.717) is 45.2 Å². The lowest BCUT2D eigenvalue weighted by Gasteiger charge is -2.33. The molecule has 1 aromatic carbocycles. The molecule has 7 nitrogen and oxygen atoms in total. The van der Waals surface area contributed by atoms with Crippen LogP contribution in [0.3, 0.4) is 0 Å². The first-order chi connectivity index (χ1) is 12.8. The van der Waals surface area contributed by atoms with Crippen molar-refractivity contribution in [1.82, 2.24) is 4.90 Å². The molecule has 1 amide bonds. The van der Waals surface area contributed by atoms with Crippen LogP contribution >= 0.6 is 0 Å². The monoisotopic (exact) mass is 380 g/mol. The summed E-state index contributed by atoms with van der Waals surface area (Å²) in [5.74, 6) is 0.742. The third kappa shape index (κ3) is 8.49. The molecule has 1 heterocycles. The predicted molar refractivity (Wildman–Crippen MR) is 104 cm³/mol. The highest BCUT2D eigenvalue weighted by Crippen LogP contribution is 2.17. The molecule has 0 saturated carbocycles. The number of benzene rings is 1. The number of carbonyl (C=O) groups excluding carboxylic acids is 1. The van der Waals surface area contributed by atoms with Crippen LogP contribution in [-0.2, 0) is 14.2 Å². The van der Waals surface area contributed by atoms with Crippen molar-refractivity contribution < 1.29 is 23.7 Å². The van der Waals surface area contributed by atoms with Gasteiger partial charge in [-0.15, -0.1) is 0 Å². The third-order valence-corrected chi connectivity index (χ3v) is 4.03. The van der Waals surface area contributed by atoms with E-state index in [1.165, 1.54) is 0 Å². The summed E-state index contributed by atoms with van der Waals surface area (Å²) in [6, 6.07) is 7.32. The molecule has 1 aliphatic heterocycles. The van der Waals surface area contributed by atoms with E-state index in [9.17, 15) is 4.79 Å². The Morgan fingerprint density at radius 1 is 1.15 bits per heavy atom. The van der Waals surface area contributed by atoms with Crippen molar-refractivity contribution in [3.05, 3.63) is 24.3 Å². The normalized spacial score (nSPS) is 15.6. The van der Waals surface area contributed by atoms with Crippen molar-refractivity contribution in [2.75, 3.05) is 45.3 Å². The molecule has 0 spiro atoms. The van der Waals surface area contributed by atoms with E-state index in [1.54, 1.807) is 11.0 Å². The fourth-order valence-electron chi connectivity index (χ4n) is 2.73. The number of nitrogen functional groups attached to an aromatic ring is 1. The van der Waals surface area contributed by atoms with Crippen LogP contribution in [0.15, 0.2) is 24.3 Å². The summed E-state index contributed by atoms with van der Waals surface area (Å²) >= 11 is 0. The molecule has 0 bridgehead atoms. The van der Waals surface area contributed by atoms with Gasteiger partial charge in [-0.1, -0.05) is 6.07 Å². The van der Waals surface area contributed by atoms with E-state index in [2.05, 4.69) is 0 Å². The van der Waals surface area contributed by atoms with Crippen molar-refractivity contribution >= 4 is 11.8 Å². The molecule has 2 N–H and O–H groups in total. The standard InChI is InChI=1S/C20H32N2O5/c1-20(2,3)27-19(23)22-9-7-17(8-10-22)25-13-11-24-12-14-26-18-6-4-5-16(21)15-18/h4-6,15,17H,7-14,21H2,1-3H3. The van der Waals surface area contributed by atoms with Crippen LogP contribution in [0.5, 0.6) is 5.75 Å². The molecule has 1 aliphatic rings. The summed E-state index contributed by atoms with van der Waals surface area (Å²) in [6.07, 6.45) is 1.55. The molecule has 0 aliphatic carbocycles. The smallest absolute Gasteiger partial charge is 0.410 e. The van der Waals surface area contributed by atoms with Crippen LogP contribution < -0.4 is 10.5 Å². The highest BCUT2D eigenvalue weighted by Gasteiger charge is 2.27. The van der Waals surface area contributed by atoms with Gasteiger partial charge >= 0.3 is 6.09 Å². The fourth-order valence-corrected chi connectivity index (χ4v) is 2.73. The Kier molecular flexibility index (Phi) is 8.19. The lowest BCUT2D eigenvalue weighted by atomic mass is 10.1. The van der Waals surface area contributed by atoms with Gasteiger partial charge in [0.1, 0.15) is 18.0 Å². The second kappa shape index (κ2) is 10.4. The summed E-state index contributed by atoms with van der Waals surface area (Å²) in [5, 5.41) is 0. The van der Waals surface area contributed by atoms with Crippen molar-refractivity contribution in [1.29, 1.82) is 0 Å². The summed E-state index contributed by atoms with van der Waals surface area (Å²) in [5.41, 5.74) is 5.92. The van der Waals surface area contributed by atoms with E-state index in [-0.39, 0.29) is 12.2 Å². The van der Waals surface area contributed by atoms with Crippen LogP contribution in [-0.4, -0.2) is 62.2 Å². The number of nitrogens with two attached hydrogens (primary N) is 1. The first kappa shape index (κ1) is 21.3. The molecule has 27 heavy (non-hydrogen) atoms.